The summed E-state index contributed by atoms with van der Waals surface area (Å²) in [5, 5.41) is 0.974. The van der Waals surface area contributed by atoms with Crippen molar-refractivity contribution >= 4 is 23.2 Å². The molecule has 20 heavy (non-hydrogen) atoms. The average molecular weight is 312 g/mol. The van der Waals surface area contributed by atoms with Crippen LogP contribution in [0.5, 0.6) is 0 Å². The lowest BCUT2D eigenvalue weighted by atomic mass is 9.66. The molecular formula is C17H23Cl2N. The molecule has 2 aliphatic carbocycles. The lowest BCUT2D eigenvalue weighted by molar-refractivity contribution is 0.127. The largest absolute Gasteiger partial charge is 0.263 e. The van der Waals surface area contributed by atoms with Gasteiger partial charge < -0.3 is 0 Å². The monoisotopic (exact) mass is 311 g/mol. The normalized spacial score (nSPS) is 31.6. The number of pyridine rings is 1. The van der Waals surface area contributed by atoms with Crippen LogP contribution in [0, 0.1) is 17.8 Å². The standard InChI is InChI=1S/C17H23Cl2N/c18-16(10-15-7-8-20-11-17(15)19)14-6-5-12-3-1-2-4-13(12)9-14/h7-8,11-14,16H,1-6,9-10H2. The summed E-state index contributed by atoms with van der Waals surface area (Å²) in [6.45, 7) is 0. The van der Waals surface area contributed by atoms with Gasteiger partial charge in [0.1, 0.15) is 0 Å². The Kier molecular flexibility index (Phi) is 4.88. The Bertz CT molecular complexity index is 448. The molecular weight excluding hydrogens is 289 g/mol. The second kappa shape index (κ2) is 6.66. The molecule has 1 nitrogen and oxygen atoms in total. The van der Waals surface area contributed by atoms with Gasteiger partial charge in [-0.05, 0) is 55.1 Å². The zero-order valence-electron chi connectivity index (χ0n) is 11.9. The predicted molar refractivity (Wildman–Crippen MR) is 85.4 cm³/mol. The van der Waals surface area contributed by atoms with E-state index < -0.39 is 0 Å². The molecule has 3 rings (SSSR count). The molecule has 3 heteroatoms. The van der Waals surface area contributed by atoms with Gasteiger partial charge >= 0.3 is 0 Å². The summed E-state index contributed by atoms with van der Waals surface area (Å²) in [6.07, 6.45) is 14.2. The molecule has 0 spiro atoms. The maximum atomic E-state index is 6.72. The number of nitrogens with zero attached hydrogens (tertiary/aromatic N) is 1. The first-order valence-corrected chi connectivity index (χ1v) is 8.78. The molecule has 2 saturated carbocycles. The van der Waals surface area contributed by atoms with Crippen LogP contribution in [-0.2, 0) is 6.42 Å². The van der Waals surface area contributed by atoms with E-state index in [2.05, 4.69) is 4.98 Å². The van der Waals surface area contributed by atoms with Gasteiger partial charge in [0.25, 0.3) is 0 Å². The van der Waals surface area contributed by atoms with Crippen LogP contribution in [0.15, 0.2) is 18.5 Å². The van der Waals surface area contributed by atoms with E-state index in [0.29, 0.717) is 5.92 Å². The molecule has 1 heterocycles. The van der Waals surface area contributed by atoms with Crippen molar-refractivity contribution in [3.63, 3.8) is 0 Å². The smallest absolute Gasteiger partial charge is 0.0621 e. The molecule has 0 saturated heterocycles. The van der Waals surface area contributed by atoms with Crippen molar-refractivity contribution < 1.29 is 0 Å². The first-order valence-electron chi connectivity index (χ1n) is 7.96. The fraction of sp³-hybridized carbons (Fsp3) is 0.706. The maximum Gasteiger partial charge on any atom is 0.0621 e. The van der Waals surface area contributed by atoms with E-state index in [4.69, 9.17) is 23.2 Å². The van der Waals surface area contributed by atoms with Gasteiger partial charge in [0, 0.05) is 17.8 Å². The Morgan fingerprint density at radius 2 is 1.95 bits per heavy atom. The fourth-order valence-corrected chi connectivity index (χ4v) is 4.78. The summed E-state index contributed by atoms with van der Waals surface area (Å²) >= 11 is 12.9. The zero-order chi connectivity index (χ0) is 13.9. The molecule has 1 aromatic rings. The third-order valence-electron chi connectivity index (χ3n) is 5.36. The molecule has 0 aliphatic heterocycles. The highest BCUT2D eigenvalue weighted by Crippen LogP contribution is 2.44. The Morgan fingerprint density at radius 1 is 1.15 bits per heavy atom. The third-order valence-corrected chi connectivity index (χ3v) is 6.21. The minimum Gasteiger partial charge on any atom is -0.263 e. The van der Waals surface area contributed by atoms with Crippen molar-refractivity contribution in [2.24, 2.45) is 17.8 Å². The van der Waals surface area contributed by atoms with Gasteiger partial charge in [0.05, 0.1) is 5.02 Å². The number of alkyl halides is 1. The average Bonchev–Trinajstić information content (AvgIpc) is 2.49. The van der Waals surface area contributed by atoms with Crippen LogP contribution < -0.4 is 0 Å². The number of hydrogen-bond acceptors (Lipinski definition) is 1. The van der Waals surface area contributed by atoms with Gasteiger partial charge in [0.2, 0.25) is 0 Å². The van der Waals surface area contributed by atoms with Gasteiger partial charge in [-0.2, -0.15) is 0 Å². The molecule has 110 valence electrons. The molecule has 0 N–H and O–H groups in total. The number of rotatable bonds is 3. The van der Waals surface area contributed by atoms with Crippen LogP contribution in [-0.4, -0.2) is 10.4 Å². The predicted octanol–water partition coefficient (Wildman–Crippen LogP) is 5.49. The van der Waals surface area contributed by atoms with E-state index in [1.54, 1.807) is 6.20 Å². The summed E-state index contributed by atoms with van der Waals surface area (Å²) in [5.41, 5.74) is 1.15. The fourth-order valence-electron chi connectivity index (χ4n) is 4.18. The molecule has 4 unspecified atom stereocenters. The van der Waals surface area contributed by atoms with Crippen molar-refractivity contribution in [1.29, 1.82) is 0 Å². The highest BCUT2D eigenvalue weighted by Gasteiger charge is 2.34. The van der Waals surface area contributed by atoms with Gasteiger partial charge in [-0.1, -0.05) is 37.3 Å². The molecule has 4 atom stereocenters. The van der Waals surface area contributed by atoms with Crippen molar-refractivity contribution in [3.8, 4) is 0 Å². The third kappa shape index (κ3) is 3.31. The van der Waals surface area contributed by atoms with Crippen molar-refractivity contribution in [1.82, 2.24) is 4.98 Å². The minimum absolute atomic E-state index is 0.220. The van der Waals surface area contributed by atoms with Gasteiger partial charge in [0.15, 0.2) is 0 Å². The molecule has 2 fully saturated rings. The number of halogens is 2. The Hall–Kier alpha value is -0.270. The quantitative estimate of drug-likeness (QED) is 0.672. The first-order chi connectivity index (χ1) is 9.74. The van der Waals surface area contributed by atoms with E-state index in [-0.39, 0.29) is 5.38 Å². The highest BCUT2D eigenvalue weighted by molar-refractivity contribution is 6.31. The summed E-state index contributed by atoms with van der Waals surface area (Å²) in [5.74, 6) is 2.60. The summed E-state index contributed by atoms with van der Waals surface area (Å²) in [7, 11) is 0. The summed E-state index contributed by atoms with van der Waals surface area (Å²) in [6, 6.07) is 2.00. The van der Waals surface area contributed by atoms with Gasteiger partial charge in [-0.15, -0.1) is 11.6 Å². The minimum atomic E-state index is 0.220. The Morgan fingerprint density at radius 3 is 2.75 bits per heavy atom. The van der Waals surface area contributed by atoms with Crippen LogP contribution in [0.25, 0.3) is 0 Å². The number of hydrogen-bond donors (Lipinski definition) is 0. The van der Waals surface area contributed by atoms with E-state index in [1.807, 2.05) is 12.3 Å². The molecule has 2 aliphatic rings. The maximum absolute atomic E-state index is 6.72. The van der Waals surface area contributed by atoms with Crippen LogP contribution >= 0.6 is 23.2 Å². The summed E-state index contributed by atoms with van der Waals surface area (Å²) < 4.78 is 0. The highest BCUT2D eigenvalue weighted by atomic mass is 35.5. The van der Waals surface area contributed by atoms with E-state index in [0.717, 1.165) is 28.8 Å². The Balaban J connectivity index is 1.60. The van der Waals surface area contributed by atoms with E-state index in [9.17, 15) is 0 Å². The van der Waals surface area contributed by atoms with Crippen LogP contribution in [0.3, 0.4) is 0 Å². The molecule has 0 aromatic carbocycles. The first kappa shape index (κ1) is 14.7. The lowest BCUT2D eigenvalue weighted by Crippen LogP contribution is -2.32. The molecule has 0 bridgehead atoms. The second-order valence-electron chi connectivity index (χ2n) is 6.56. The van der Waals surface area contributed by atoms with E-state index in [1.165, 1.54) is 44.9 Å². The lowest BCUT2D eigenvalue weighted by Gasteiger charge is -2.40. The van der Waals surface area contributed by atoms with Crippen LogP contribution in [0.4, 0.5) is 0 Å². The molecule has 1 aromatic heterocycles. The second-order valence-corrected chi connectivity index (χ2v) is 7.53. The SMILES string of the molecule is Clc1cnccc1CC(Cl)C1CCC2CCCCC2C1. The van der Waals surface area contributed by atoms with Crippen LogP contribution in [0.2, 0.25) is 5.02 Å². The Labute approximate surface area is 132 Å². The van der Waals surface area contributed by atoms with Crippen molar-refractivity contribution in [2.45, 2.75) is 56.7 Å². The van der Waals surface area contributed by atoms with Gasteiger partial charge in [-0.25, -0.2) is 0 Å². The zero-order valence-corrected chi connectivity index (χ0v) is 13.4. The topological polar surface area (TPSA) is 12.9 Å². The van der Waals surface area contributed by atoms with Crippen molar-refractivity contribution in [3.05, 3.63) is 29.0 Å². The number of aromatic nitrogens is 1. The van der Waals surface area contributed by atoms with Crippen LogP contribution in [0.1, 0.15) is 50.5 Å². The van der Waals surface area contributed by atoms with Crippen molar-refractivity contribution in [2.75, 3.05) is 0 Å². The van der Waals surface area contributed by atoms with E-state index >= 15 is 0 Å². The van der Waals surface area contributed by atoms with Gasteiger partial charge in [-0.3, -0.25) is 4.98 Å². The number of fused-ring (bicyclic) bond motifs is 1. The molecule has 0 amide bonds. The molecule has 0 radical (unpaired) electrons. The summed E-state index contributed by atoms with van der Waals surface area (Å²) in [4.78, 5) is 4.04.